The van der Waals surface area contributed by atoms with Gasteiger partial charge in [-0.2, -0.15) is 0 Å². The molecule has 1 heterocycles. The summed E-state index contributed by atoms with van der Waals surface area (Å²) in [6.45, 7) is 10.1. The summed E-state index contributed by atoms with van der Waals surface area (Å²) in [5.74, 6) is -0.151. The molecule has 0 aliphatic carbocycles. The third-order valence-corrected chi connectivity index (χ3v) is 4.34. The van der Waals surface area contributed by atoms with Crippen LogP contribution in [-0.2, 0) is 14.3 Å². The molecular weight excluding hydrogens is 306 g/mol. The maximum Gasteiger partial charge on any atom is 0.410 e. The molecule has 0 aromatic carbocycles. The van der Waals surface area contributed by atoms with Gasteiger partial charge in [-0.3, -0.25) is 4.79 Å². The Morgan fingerprint density at radius 3 is 2.12 bits per heavy atom. The first-order chi connectivity index (χ1) is 11.3. The van der Waals surface area contributed by atoms with Crippen molar-refractivity contribution in [3.05, 3.63) is 0 Å². The van der Waals surface area contributed by atoms with E-state index in [2.05, 4.69) is 6.92 Å². The van der Waals surface area contributed by atoms with Crippen LogP contribution in [0, 0.1) is 0 Å². The summed E-state index contributed by atoms with van der Waals surface area (Å²) in [7, 11) is 0. The largest absolute Gasteiger partial charge is 0.466 e. The Hall–Kier alpha value is -1.26. The van der Waals surface area contributed by atoms with Crippen molar-refractivity contribution in [2.75, 3.05) is 6.61 Å². The maximum atomic E-state index is 12.7. The van der Waals surface area contributed by atoms with Gasteiger partial charge in [-0.1, -0.05) is 19.8 Å². The topological polar surface area (TPSA) is 55.8 Å². The zero-order valence-electron chi connectivity index (χ0n) is 16.1. The quantitative estimate of drug-likeness (QED) is 0.602. The van der Waals surface area contributed by atoms with Crippen molar-refractivity contribution >= 4 is 12.1 Å². The lowest BCUT2D eigenvalue weighted by molar-refractivity contribution is -0.143. The smallest absolute Gasteiger partial charge is 0.410 e. The van der Waals surface area contributed by atoms with E-state index >= 15 is 0 Å². The summed E-state index contributed by atoms with van der Waals surface area (Å²) in [5.41, 5.74) is -0.482. The van der Waals surface area contributed by atoms with Crippen LogP contribution in [-0.4, -0.2) is 41.3 Å². The first-order valence-corrected chi connectivity index (χ1v) is 9.45. The predicted molar refractivity (Wildman–Crippen MR) is 94.9 cm³/mol. The van der Waals surface area contributed by atoms with Gasteiger partial charge in [-0.15, -0.1) is 0 Å². The Kier molecular flexibility index (Phi) is 8.57. The van der Waals surface area contributed by atoms with E-state index in [4.69, 9.17) is 9.47 Å². The van der Waals surface area contributed by atoms with Gasteiger partial charge in [0.25, 0.3) is 0 Å². The van der Waals surface area contributed by atoms with Gasteiger partial charge in [0, 0.05) is 18.5 Å². The van der Waals surface area contributed by atoms with Crippen molar-refractivity contribution in [1.82, 2.24) is 4.90 Å². The molecule has 5 heteroatoms. The Morgan fingerprint density at radius 1 is 1.04 bits per heavy atom. The number of rotatable bonds is 8. The molecule has 1 fully saturated rings. The lowest BCUT2D eigenvalue weighted by Crippen LogP contribution is -2.44. The van der Waals surface area contributed by atoms with Crippen molar-refractivity contribution in [2.24, 2.45) is 0 Å². The van der Waals surface area contributed by atoms with Gasteiger partial charge in [0.1, 0.15) is 5.60 Å². The number of ether oxygens (including phenoxy) is 2. The number of amides is 1. The fraction of sp³-hybridized carbons (Fsp3) is 0.895. The van der Waals surface area contributed by atoms with Crippen molar-refractivity contribution in [3.63, 3.8) is 0 Å². The van der Waals surface area contributed by atoms with Gasteiger partial charge in [0.15, 0.2) is 0 Å². The normalized spacial score (nSPS) is 21.0. The van der Waals surface area contributed by atoms with Crippen LogP contribution < -0.4 is 0 Å². The molecule has 1 aliphatic heterocycles. The molecule has 0 aromatic heterocycles. The van der Waals surface area contributed by atoms with E-state index in [9.17, 15) is 9.59 Å². The fourth-order valence-electron chi connectivity index (χ4n) is 3.30. The van der Waals surface area contributed by atoms with Gasteiger partial charge in [-0.25, -0.2) is 4.79 Å². The summed E-state index contributed by atoms with van der Waals surface area (Å²) in [6.07, 6.45) is 7.12. The van der Waals surface area contributed by atoms with E-state index in [-0.39, 0.29) is 24.1 Å². The second-order valence-electron chi connectivity index (χ2n) is 7.61. The van der Waals surface area contributed by atoms with E-state index in [0.717, 1.165) is 44.9 Å². The zero-order valence-corrected chi connectivity index (χ0v) is 16.1. The molecule has 140 valence electrons. The van der Waals surface area contributed by atoms with Crippen LogP contribution in [0.5, 0.6) is 0 Å². The van der Waals surface area contributed by atoms with Crippen LogP contribution in [0.2, 0.25) is 0 Å². The molecule has 1 amide bonds. The zero-order chi connectivity index (χ0) is 18.2. The standard InChI is InChI=1S/C19H35NO4/c1-6-8-10-15-13-14-16(11-9-12-17(21)23-7-2)20(15)18(22)24-19(3,4)5/h15-16H,6-14H2,1-5H3/t15-,16+/m1/s1. The second-order valence-corrected chi connectivity index (χ2v) is 7.61. The van der Waals surface area contributed by atoms with E-state index < -0.39 is 5.60 Å². The van der Waals surface area contributed by atoms with E-state index in [0.29, 0.717) is 13.0 Å². The number of carbonyl (C=O) groups excluding carboxylic acids is 2. The Balaban J connectivity index is 2.63. The number of unbranched alkanes of at least 4 members (excludes halogenated alkanes) is 1. The molecule has 1 aliphatic rings. The minimum Gasteiger partial charge on any atom is -0.466 e. The molecule has 0 bridgehead atoms. The second kappa shape index (κ2) is 9.90. The number of likely N-dealkylation sites (tertiary alicyclic amines) is 1. The summed E-state index contributed by atoms with van der Waals surface area (Å²) >= 11 is 0. The van der Waals surface area contributed by atoms with Gasteiger partial charge in [-0.05, 0) is 59.8 Å². The van der Waals surface area contributed by atoms with E-state index in [1.165, 1.54) is 0 Å². The molecule has 1 rings (SSSR count). The minimum absolute atomic E-state index is 0.151. The Bertz CT molecular complexity index is 403. The molecule has 0 saturated carbocycles. The van der Waals surface area contributed by atoms with Crippen molar-refractivity contribution in [2.45, 2.75) is 104 Å². The molecule has 0 radical (unpaired) electrons. The first kappa shape index (κ1) is 20.8. The highest BCUT2D eigenvalue weighted by molar-refractivity contribution is 5.70. The van der Waals surface area contributed by atoms with Crippen molar-refractivity contribution in [3.8, 4) is 0 Å². The van der Waals surface area contributed by atoms with E-state index in [1.807, 2.05) is 32.6 Å². The van der Waals surface area contributed by atoms with Crippen LogP contribution in [0.15, 0.2) is 0 Å². The van der Waals surface area contributed by atoms with E-state index in [1.54, 1.807) is 0 Å². The number of hydrogen-bond acceptors (Lipinski definition) is 4. The average Bonchev–Trinajstić information content (AvgIpc) is 2.86. The highest BCUT2D eigenvalue weighted by Crippen LogP contribution is 2.32. The summed E-state index contributed by atoms with van der Waals surface area (Å²) in [4.78, 5) is 26.1. The molecule has 5 nitrogen and oxygen atoms in total. The molecule has 2 atom stereocenters. The number of esters is 1. The SMILES string of the molecule is CCCC[C@@H]1CC[C@H](CCCC(=O)OCC)N1C(=O)OC(C)(C)C. The number of carbonyl (C=O) groups is 2. The Morgan fingerprint density at radius 2 is 1.62 bits per heavy atom. The summed E-state index contributed by atoms with van der Waals surface area (Å²) < 4.78 is 10.6. The monoisotopic (exact) mass is 341 g/mol. The highest BCUT2D eigenvalue weighted by Gasteiger charge is 2.38. The molecule has 0 spiro atoms. The van der Waals surface area contributed by atoms with Crippen LogP contribution >= 0.6 is 0 Å². The van der Waals surface area contributed by atoms with Gasteiger partial charge >= 0.3 is 12.1 Å². The maximum absolute atomic E-state index is 12.7. The number of nitrogens with zero attached hydrogens (tertiary/aromatic N) is 1. The van der Waals surface area contributed by atoms with Crippen LogP contribution in [0.3, 0.4) is 0 Å². The number of hydrogen-bond donors (Lipinski definition) is 0. The molecule has 24 heavy (non-hydrogen) atoms. The van der Waals surface area contributed by atoms with Crippen LogP contribution in [0.1, 0.15) is 86.0 Å². The third kappa shape index (κ3) is 7.10. The fourth-order valence-corrected chi connectivity index (χ4v) is 3.30. The summed E-state index contributed by atoms with van der Waals surface area (Å²) in [6, 6.07) is 0.448. The Labute approximate surface area is 147 Å². The van der Waals surface area contributed by atoms with Crippen molar-refractivity contribution in [1.29, 1.82) is 0 Å². The highest BCUT2D eigenvalue weighted by atomic mass is 16.6. The third-order valence-electron chi connectivity index (χ3n) is 4.34. The van der Waals surface area contributed by atoms with Crippen LogP contribution in [0.4, 0.5) is 4.79 Å². The predicted octanol–water partition coefficient (Wildman–Crippen LogP) is 4.68. The molecular formula is C19H35NO4. The molecule has 0 N–H and O–H groups in total. The lowest BCUT2D eigenvalue weighted by atomic mass is 10.1. The van der Waals surface area contributed by atoms with Crippen LogP contribution in [0.25, 0.3) is 0 Å². The summed E-state index contributed by atoms with van der Waals surface area (Å²) in [5, 5.41) is 0. The van der Waals surface area contributed by atoms with Gasteiger partial charge < -0.3 is 14.4 Å². The molecule has 0 unspecified atom stereocenters. The van der Waals surface area contributed by atoms with Gasteiger partial charge in [0.05, 0.1) is 6.61 Å². The molecule has 0 aromatic rings. The minimum atomic E-state index is -0.482. The average molecular weight is 341 g/mol. The van der Waals surface area contributed by atoms with Crippen molar-refractivity contribution < 1.29 is 19.1 Å². The van der Waals surface area contributed by atoms with Gasteiger partial charge in [0.2, 0.25) is 0 Å². The lowest BCUT2D eigenvalue weighted by Gasteiger charge is -2.33. The molecule has 1 saturated heterocycles. The first-order valence-electron chi connectivity index (χ1n) is 9.45.